The molecule has 1 aromatic heterocycles. The van der Waals surface area contributed by atoms with Crippen molar-refractivity contribution in [1.82, 2.24) is 4.98 Å². The van der Waals surface area contributed by atoms with Gasteiger partial charge in [0.15, 0.2) is 0 Å². The van der Waals surface area contributed by atoms with Gasteiger partial charge in [0.2, 0.25) is 0 Å². The molecule has 0 saturated carbocycles. The van der Waals surface area contributed by atoms with Crippen molar-refractivity contribution in [2.45, 2.75) is 13.3 Å². The molecule has 0 spiro atoms. The molecule has 1 N–H and O–H groups in total. The third kappa shape index (κ3) is 3.47. The van der Waals surface area contributed by atoms with Gasteiger partial charge in [-0.05, 0) is 19.4 Å². The van der Waals surface area contributed by atoms with Crippen molar-refractivity contribution in [2.75, 3.05) is 25.6 Å². The van der Waals surface area contributed by atoms with E-state index in [0.717, 1.165) is 13.0 Å². The van der Waals surface area contributed by atoms with E-state index in [4.69, 9.17) is 4.74 Å². The van der Waals surface area contributed by atoms with Gasteiger partial charge in [-0.3, -0.25) is 10.1 Å². The molecule has 0 unspecified atom stereocenters. The van der Waals surface area contributed by atoms with Crippen LogP contribution in [0.4, 0.5) is 11.5 Å². The van der Waals surface area contributed by atoms with Crippen molar-refractivity contribution in [3.05, 3.63) is 27.9 Å². The lowest BCUT2D eigenvalue weighted by molar-refractivity contribution is -0.385. The third-order valence-electron chi connectivity index (χ3n) is 2.09. The van der Waals surface area contributed by atoms with E-state index in [1.54, 1.807) is 20.1 Å². The molecule has 0 aliphatic heterocycles. The van der Waals surface area contributed by atoms with Crippen LogP contribution in [0.1, 0.15) is 12.1 Å². The maximum Gasteiger partial charge on any atom is 0.290 e. The summed E-state index contributed by atoms with van der Waals surface area (Å²) in [6.07, 6.45) is 0.869. The molecular weight excluding hydrogens is 210 g/mol. The van der Waals surface area contributed by atoms with Gasteiger partial charge in [0, 0.05) is 26.3 Å². The zero-order valence-corrected chi connectivity index (χ0v) is 9.40. The summed E-state index contributed by atoms with van der Waals surface area (Å²) in [4.78, 5) is 14.2. The van der Waals surface area contributed by atoms with Crippen molar-refractivity contribution >= 4 is 11.5 Å². The summed E-state index contributed by atoms with van der Waals surface area (Å²) in [6, 6.07) is 3.07. The number of nitro groups is 1. The molecule has 0 atom stereocenters. The van der Waals surface area contributed by atoms with Gasteiger partial charge in [-0.25, -0.2) is 4.98 Å². The molecule has 0 amide bonds. The topological polar surface area (TPSA) is 77.3 Å². The highest BCUT2D eigenvalue weighted by Crippen LogP contribution is 2.17. The van der Waals surface area contributed by atoms with Gasteiger partial charge in [-0.1, -0.05) is 0 Å². The number of ether oxygens (including phenoxy) is 1. The van der Waals surface area contributed by atoms with Crippen molar-refractivity contribution in [2.24, 2.45) is 0 Å². The molecule has 1 aromatic rings. The molecule has 16 heavy (non-hydrogen) atoms. The average molecular weight is 225 g/mol. The van der Waals surface area contributed by atoms with Crippen LogP contribution in [0.15, 0.2) is 12.1 Å². The van der Waals surface area contributed by atoms with Gasteiger partial charge in [0.25, 0.3) is 5.69 Å². The van der Waals surface area contributed by atoms with Crippen LogP contribution in [-0.2, 0) is 4.74 Å². The van der Waals surface area contributed by atoms with Gasteiger partial charge in [0.1, 0.15) is 11.5 Å². The van der Waals surface area contributed by atoms with Gasteiger partial charge in [-0.15, -0.1) is 0 Å². The van der Waals surface area contributed by atoms with E-state index in [1.165, 1.54) is 6.07 Å². The normalized spacial score (nSPS) is 10.1. The van der Waals surface area contributed by atoms with Crippen molar-refractivity contribution in [3.63, 3.8) is 0 Å². The Hall–Kier alpha value is -1.69. The van der Waals surface area contributed by atoms with Gasteiger partial charge < -0.3 is 10.1 Å². The number of hydrogen-bond acceptors (Lipinski definition) is 5. The summed E-state index contributed by atoms with van der Waals surface area (Å²) >= 11 is 0. The summed E-state index contributed by atoms with van der Waals surface area (Å²) in [5.74, 6) is 0.652. The highest BCUT2D eigenvalue weighted by molar-refractivity contribution is 5.44. The van der Waals surface area contributed by atoms with Gasteiger partial charge >= 0.3 is 0 Å². The minimum Gasteiger partial charge on any atom is -0.385 e. The molecule has 0 radical (unpaired) electrons. The van der Waals surface area contributed by atoms with E-state index < -0.39 is 4.92 Å². The largest absolute Gasteiger partial charge is 0.385 e. The van der Waals surface area contributed by atoms with Crippen LogP contribution in [0.3, 0.4) is 0 Å². The van der Waals surface area contributed by atoms with E-state index in [2.05, 4.69) is 10.3 Å². The lowest BCUT2D eigenvalue weighted by atomic mass is 10.3. The van der Waals surface area contributed by atoms with Crippen LogP contribution < -0.4 is 5.32 Å². The Bertz CT molecular complexity index is 368. The molecular formula is C10H15N3O3. The van der Waals surface area contributed by atoms with Crippen molar-refractivity contribution in [1.29, 1.82) is 0 Å². The van der Waals surface area contributed by atoms with Crippen LogP contribution in [0.5, 0.6) is 0 Å². The lowest BCUT2D eigenvalue weighted by Gasteiger charge is -2.05. The third-order valence-corrected chi connectivity index (χ3v) is 2.09. The molecule has 0 aliphatic carbocycles. The maximum atomic E-state index is 10.6. The van der Waals surface area contributed by atoms with Crippen LogP contribution in [0.2, 0.25) is 0 Å². The van der Waals surface area contributed by atoms with E-state index in [-0.39, 0.29) is 5.69 Å². The molecule has 1 heterocycles. The fourth-order valence-corrected chi connectivity index (χ4v) is 1.28. The number of nitrogens with zero attached hydrogens (tertiary/aromatic N) is 2. The molecule has 0 bridgehead atoms. The fraction of sp³-hybridized carbons (Fsp3) is 0.500. The number of rotatable bonds is 6. The summed E-state index contributed by atoms with van der Waals surface area (Å²) in [5, 5.41) is 13.6. The molecule has 88 valence electrons. The zero-order valence-electron chi connectivity index (χ0n) is 9.40. The minimum absolute atomic E-state index is 0.0439. The Morgan fingerprint density at radius 2 is 2.31 bits per heavy atom. The van der Waals surface area contributed by atoms with Crippen molar-refractivity contribution in [3.8, 4) is 0 Å². The molecule has 6 nitrogen and oxygen atoms in total. The van der Waals surface area contributed by atoms with Crippen LogP contribution in [0.25, 0.3) is 0 Å². The standard InChI is InChI=1S/C10H15N3O3/c1-8-9(13(14)15)4-5-10(12-8)11-6-3-7-16-2/h4-5H,3,6-7H2,1-2H3,(H,11,12). The molecule has 0 aliphatic rings. The highest BCUT2D eigenvalue weighted by Gasteiger charge is 2.11. The Morgan fingerprint density at radius 3 is 2.88 bits per heavy atom. The van der Waals surface area contributed by atoms with Gasteiger partial charge in [0.05, 0.1) is 4.92 Å². The van der Waals surface area contributed by atoms with Gasteiger partial charge in [-0.2, -0.15) is 0 Å². The second-order valence-corrected chi connectivity index (χ2v) is 3.33. The van der Waals surface area contributed by atoms with E-state index in [9.17, 15) is 10.1 Å². The Balaban J connectivity index is 2.56. The SMILES string of the molecule is COCCCNc1ccc([N+](=O)[O-])c(C)n1. The second kappa shape index (κ2) is 6.02. The number of anilines is 1. The first kappa shape index (κ1) is 12.4. The lowest BCUT2D eigenvalue weighted by Crippen LogP contribution is -2.07. The number of hydrogen-bond donors (Lipinski definition) is 1. The summed E-state index contributed by atoms with van der Waals surface area (Å²) < 4.78 is 4.90. The summed E-state index contributed by atoms with van der Waals surface area (Å²) in [5.41, 5.74) is 0.462. The van der Waals surface area contributed by atoms with Crippen molar-refractivity contribution < 1.29 is 9.66 Å². The number of nitrogens with one attached hydrogen (secondary N) is 1. The molecule has 0 aromatic carbocycles. The Morgan fingerprint density at radius 1 is 1.56 bits per heavy atom. The zero-order chi connectivity index (χ0) is 12.0. The van der Waals surface area contributed by atoms with Crippen LogP contribution in [-0.4, -0.2) is 30.2 Å². The highest BCUT2D eigenvalue weighted by atomic mass is 16.6. The Kier molecular flexibility index (Phi) is 4.65. The predicted octanol–water partition coefficient (Wildman–Crippen LogP) is 1.75. The smallest absolute Gasteiger partial charge is 0.290 e. The molecule has 0 fully saturated rings. The first-order chi connectivity index (χ1) is 7.65. The minimum atomic E-state index is -0.433. The maximum absolute atomic E-state index is 10.6. The molecule has 6 heteroatoms. The average Bonchev–Trinajstić information content (AvgIpc) is 2.24. The molecule has 1 rings (SSSR count). The Labute approximate surface area is 93.8 Å². The second-order valence-electron chi connectivity index (χ2n) is 3.33. The number of aryl methyl sites for hydroxylation is 1. The van der Waals surface area contributed by atoms with Crippen LogP contribution in [0, 0.1) is 17.0 Å². The monoisotopic (exact) mass is 225 g/mol. The first-order valence-corrected chi connectivity index (χ1v) is 5.00. The van der Waals surface area contributed by atoms with E-state index in [1.807, 2.05) is 0 Å². The predicted molar refractivity (Wildman–Crippen MR) is 60.6 cm³/mol. The molecule has 0 saturated heterocycles. The number of methoxy groups -OCH3 is 1. The van der Waals surface area contributed by atoms with E-state index >= 15 is 0 Å². The number of pyridine rings is 1. The summed E-state index contributed by atoms with van der Waals surface area (Å²) in [7, 11) is 1.65. The first-order valence-electron chi connectivity index (χ1n) is 5.00. The number of aromatic nitrogens is 1. The fourth-order valence-electron chi connectivity index (χ4n) is 1.28. The van der Waals surface area contributed by atoms with E-state index in [0.29, 0.717) is 18.1 Å². The summed E-state index contributed by atoms with van der Waals surface area (Å²) in [6.45, 7) is 3.04. The quantitative estimate of drug-likeness (QED) is 0.453. The van der Waals surface area contributed by atoms with Crippen LogP contribution >= 0.6 is 0 Å².